The van der Waals surface area contributed by atoms with Gasteiger partial charge < -0.3 is 19.9 Å². The Hall–Kier alpha value is -1.99. The van der Waals surface area contributed by atoms with E-state index < -0.39 is 0 Å². The van der Waals surface area contributed by atoms with Crippen LogP contribution in [0.2, 0.25) is 0 Å². The van der Waals surface area contributed by atoms with E-state index in [4.69, 9.17) is 15.0 Å². The van der Waals surface area contributed by atoms with Crippen molar-refractivity contribution in [3.63, 3.8) is 0 Å². The average molecular weight is 278 g/mol. The van der Waals surface area contributed by atoms with Crippen LogP contribution in [0.4, 0.5) is 10.1 Å². The summed E-state index contributed by atoms with van der Waals surface area (Å²) in [4.78, 5) is 6.04. The van der Waals surface area contributed by atoms with E-state index in [1.165, 1.54) is 6.07 Å². The van der Waals surface area contributed by atoms with Crippen LogP contribution in [0, 0.1) is 5.82 Å². The molecule has 0 aliphatic carbocycles. The minimum atomic E-state index is -0.302. The van der Waals surface area contributed by atoms with Gasteiger partial charge in [0.1, 0.15) is 5.82 Å². The molecule has 1 aromatic carbocycles. The summed E-state index contributed by atoms with van der Waals surface area (Å²) in [5, 5.41) is 3.77. The van der Waals surface area contributed by atoms with Crippen molar-refractivity contribution in [1.82, 2.24) is 10.1 Å². The molecular weight excluding hydrogens is 263 g/mol. The predicted octanol–water partition coefficient (Wildman–Crippen LogP) is 1.17. The lowest BCUT2D eigenvalue weighted by Gasteiger charge is -2.29. The first-order chi connectivity index (χ1) is 9.78. The maximum Gasteiger partial charge on any atom is 0.240 e. The average Bonchev–Trinajstić information content (AvgIpc) is 2.97. The third-order valence-corrected chi connectivity index (χ3v) is 3.20. The van der Waals surface area contributed by atoms with Crippen molar-refractivity contribution >= 4 is 5.69 Å². The summed E-state index contributed by atoms with van der Waals surface area (Å²) in [6, 6.07) is 4.92. The molecule has 2 heterocycles. The Morgan fingerprint density at radius 1 is 1.30 bits per heavy atom. The molecular formula is C13H15FN4O2. The van der Waals surface area contributed by atoms with Gasteiger partial charge in [0.25, 0.3) is 0 Å². The summed E-state index contributed by atoms with van der Waals surface area (Å²) in [6.45, 7) is 2.78. The fraction of sp³-hybridized carbons (Fsp3) is 0.385. The van der Waals surface area contributed by atoms with E-state index in [0.29, 0.717) is 49.3 Å². The number of anilines is 1. The van der Waals surface area contributed by atoms with Gasteiger partial charge in [-0.3, -0.25) is 0 Å². The maximum absolute atomic E-state index is 14.2. The van der Waals surface area contributed by atoms with E-state index >= 15 is 0 Å². The largest absolute Gasteiger partial charge is 0.378 e. The van der Waals surface area contributed by atoms with Crippen molar-refractivity contribution in [1.29, 1.82) is 0 Å². The molecule has 0 spiro atoms. The lowest BCUT2D eigenvalue weighted by molar-refractivity contribution is 0.122. The number of nitrogens with two attached hydrogens (primary N) is 1. The van der Waals surface area contributed by atoms with E-state index in [-0.39, 0.29) is 12.4 Å². The second kappa shape index (κ2) is 5.56. The Labute approximate surface area is 115 Å². The molecule has 2 aromatic rings. The number of hydrogen-bond acceptors (Lipinski definition) is 6. The molecule has 1 fully saturated rings. The minimum Gasteiger partial charge on any atom is -0.378 e. The second-order valence-corrected chi connectivity index (χ2v) is 4.48. The van der Waals surface area contributed by atoms with E-state index in [1.807, 2.05) is 4.90 Å². The minimum absolute atomic E-state index is 0.168. The van der Waals surface area contributed by atoms with Crippen molar-refractivity contribution in [2.45, 2.75) is 6.54 Å². The lowest BCUT2D eigenvalue weighted by atomic mass is 10.1. The van der Waals surface area contributed by atoms with Gasteiger partial charge in [0.15, 0.2) is 0 Å². The molecule has 0 atom stereocenters. The summed E-state index contributed by atoms with van der Waals surface area (Å²) in [5.41, 5.74) is 6.55. The van der Waals surface area contributed by atoms with Crippen LogP contribution in [-0.2, 0) is 11.3 Å². The quantitative estimate of drug-likeness (QED) is 0.908. The van der Waals surface area contributed by atoms with Crippen LogP contribution in [0.25, 0.3) is 11.4 Å². The highest BCUT2D eigenvalue weighted by atomic mass is 19.1. The standard InChI is InChI=1S/C13H15FN4O2/c14-10-7-9(13-16-12(8-15)20-17-13)1-2-11(10)18-3-5-19-6-4-18/h1-2,7H,3-6,8,15H2. The predicted molar refractivity (Wildman–Crippen MR) is 70.6 cm³/mol. The van der Waals surface area contributed by atoms with Crippen molar-refractivity contribution in [2.75, 3.05) is 31.2 Å². The van der Waals surface area contributed by atoms with Gasteiger partial charge in [-0.25, -0.2) is 4.39 Å². The van der Waals surface area contributed by atoms with E-state index in [1.54, 1.807) is 12.1 Å². The first-order valence-electron chi connectivity index (χ1n) is 6.43. The number of aromatic nitrogens is 2. The van der Waals surface area contributed by atoms with Crippen LogP contribution in [0.3, 0.4) is 0 Å². The number of rotatable bonds is 3. The van der Waals surface area contributed by atoms with Crippen molar-refractivity contribution < 1.29 is 13.7 Å². The summed E-state index contributed by atoms with van der Waals surface area (Å²) in [6.07, 6.45) is 0. The Balaban J connectivity index is 1.86. The zero-order chi connectivity index (χ0) is 13.9. The molecule has 1 saturated heterocycles. The van der Waals surface area contributed by atoms with Gasteiger partial charge in [0, 0.05) is 18.7 Å². The van der Waals surface area contributed by atoms with Crippen molar-refractivity contribution in [2.24, 2.45) is 5.73 Å². The Morgan fingerprint density at radius 2 is 2.10 bits per heavy atom. The van der Waals surface area contributed by atoms with Crippen LogP contribution < -0.4 is 10.6 Å². The summed E-state index contributed by atoms with van der Waals surface area (Å²) >= 11 is 0. The highest BCUT2D eigenvalue weighted by Gasteiger charge is 2.16. The van der Waals surface area contributed by atoms with Gasteiger partial charge in [0.2, 0.25) is 11.7 Å². The molecule has 0 radical (unpaired) electrons. The second-order valence-electron chi connectivity index (χ2n) is 4.48. The highest BCUT2D eigenvalue weighted by Crippen LogP contribution is 2.25. The van der Waals surface area contributed by atoms with Crippen molar-refractivity contribution in [3.05, 3.63) is 29.9 Å². The molecule has 106 valence electrons. The number of morpholine rings is 1. The van der Waals surface area contributed by atoms with Crippen LogP contribution in [-0.4, -0.2) is 36.4 Å². The summed E-state index contributed by atoms with van der Waals surface area (Å²) < 4.78 is 24.4. The molecule has 1 aliphatic rings. The Kier molecular flexibility index (Phi) is 3.62. The molecule has 7 heteroatoms. The third-order valence-electron chi connectivity index (χ3n) is 3.20. The molecule has 3 rings (SSSR count). The van der Waals surface area contributed by atoms with Gasteiger partial charge in [-0.2, -0.15) is 4.98 Å². The van der Waals surface area contributed by atoms with E-state index in [9.17, 15) is 4.39 Å². The number of benzene rings is 1. The van der Waals surface area contributed by atoms with E-state index in [2.05, 4.69) is 10.1 Å². The molecule has 0 bridgehead atoms. The molecule has 6 nitrogen and oxygen atoms in total. The lowest BCUT2D eigenvalue weighted by Crippen LogP contribution is -2.36. The zero-order valence-electron chi connectivity index (χ0n) is 10.9. The SMILES string of the molecule is NCc1nc(-c2ccc(N3CCOCC3)c(F)c2)no1. The van der Waals surface area contributed by atoms with Crippen molar-refractivity contribution in [3.8, 4) is 11.4 Å². The topological polar surface area (TPSA) is 77.4 Å². The summed E-state index contributed by atoms with van der Waals surface area (Å²) in [7, 11) is 0. The zero-order valence-corrected chi connectivity index (χ0v) is 10.9. The number of halogens is 1. The van der Waals surface area contributed by atoms with Crippen LogP contribution in [0.1, 0.15) is 5.89 Å². The van der Waals surface area contributed by atoms with E-state index in [0.717, 1.165) is 0 Å². The van der Waals surface area contributed by atoms with Crippen LogP contribution >= 0.6 is 0 Å². The van der Waals surface area contributed by atoms with Gasteiger partial charge >= 0.3 is 0 Å². The Bertz CT molecular complexity index is 596. The molecule has 0 amide bonds. The third kappa shape index (κ3) is 2.50. The first kappa shape index (κ1) is 13.0. The van der Waals surface area contributed by atoms with Gasteiger partial charge in [0.05, 0.1) is 25.4 Å². The summed E-state index contributed by atoms with van der Waals surface area (Å²) in [5.74, 6) is 0.374. The monoisotopic (exact) mass is 278 g/mol. The number of nitrogens with zero attached hydrogens (tertiary/aromatic N) is 3. The van der Waals surface area contributed by atoms with Crippen LogP contribution in [0.5, 0.6) is 0 Å². The molecule has 1 aliphatic heterocycles. The fourth-order valence-electron chi connectivity index (χ4n) is 2.16. The molecule has 0 saturated carbocycles. The maximum atomic E-state index is 14.2. The fourth-order valence-corrected chi connectivity index (χ4v) is 2.16. The highest BCUT2D eigenvalue weighted by molar-refractivity contribution is 5.61. The van der Waals surface area contributed by atoms with Gasteiger partial charge in [-0.15, -0.1) is 0 Å². The molecule has 2 N–H and O–H groups in total. The number of hydrogen-bond donors (Lipinski definition) is 1. The number of ether oxygens (including phenoxy) is 1. The molecule has 1 aromatic heterocycles. The van der Waals surface area contributed by atoms with Crippen LogP contribution in [0.15, 0.2) is 22.7 Å². The molecule has 0 unspecified atom stereocenters. The van der Waals surface area contributed by atoms with Gasteiger partial charge in [-0.05, 0) is 18.2 Å². The normalized spacial score (nSPS) is 15.6. The van der Waals surface area contributed by atoms with Gasteiger partial charge in [-0.1, -0.05) is 5.16 Å². The molecule has 20 heavy (non-hydrogen) atoms. The smallest absolute Gasteiger partial charge is 0.240 e. The Morgan fingerprint density at radius 3 is 2.75 bits per heavy atom. The first-order valence-corrected chi connectivity index (χ1v) is 6.43.